The third-order valence-electron chi connectivity index (χ3n) is 7.90. The Morgan fingerprint density at radius 1 is 1.02 bits per heavy atom. The van der Waals surface area contributed by atoms with Gasteiger partial charge in [0.2, 0.25) is 17.7 Å². The average molecular weight is 742 g/mol. The van der Waals surface area contributed by atoms with Crippen LogP contribution in [0.25, 0.3) is 0 Å². The largest absolute Gasteiger partial charge is 0.479 e. The Balaban J connectivity index is 1.98. The van der Waals surface area contributed by atoms with Crippen molar-refractivity contribution >= 4 is 40.9 Å². The number of rotatable bonds is 18. The van der Waals surface area contributed by atoms with Crippen molar-refractivity contribution in [1.29, 1.82) is 5.26 Å². The first kappa shape index (κ1) is 43.1. The normalized spacial score (nSPS) is 12.5. The molecule has 2 rings (SSSR count). The van der Waals surface area contributed by atoms with Crippen molar-refractivity contribution in [3.05, 3.63) is 41.2 Å². The molecule has 11 nitrogen and oxygen atoms in total. The highest BCUT2D eigenvalue weighted by Crippen LogP contribution is 2.39. The van der Waals surface area contributed by atoms with Gasteiger partial charge in [-0.15, -0.1) is 0 Å². The van der Waals surface area contributed by atoms with Gasteiger partial charge in [-0.25, -0.2) is 4.39 Å². The first-order valence-electron chi connectivity index (χ1n) is 16.3. The molecular weight excluding hydrogens is 694 g/mol. The summed E-state index contributed by atoms with van der Waals surface area (Å²) >= 11 is 5.59. The van der Waals surface area contributed by atoms with Gasteiger partial charge in [-0.2, -0.15) is 23.4 Å². The van der Waals surface area contributed by atoms with Crippen molar-refractivity contribution in [3.63, 3.8) is 0 Å². The summed E-state index contributed by atoms with van der Waals surface area (Å²) in [7, 11) is 2.57. The number of pyridine rings is 1. The van der Waals surface area contributed by atoms with Gasteiger partial charge >= 0.3 is 6.18 Å². The van der Waals surface area contributed by atoms with Gasteiger partial charge in [0, 0.05) is 39.0 Å². The van der Waals surface area contributed by atoms with Crippen molar-refractivity contribution in [2.24, 2.45) is 5.41 Å². The van der Waals surface area contributed by atoms with E-state index in [9.17, 15) is 22.8 Å². The van der Waals surface area contributed by atoms with Crippen LogP contribution in [-0.4, -0.2) is 81.1 Å². The van der Waals surface area contributed by atoms with E-state index in [1.807, 2.05) is 6.92 Å². The Labute approximate surface area is 302 Å². The fraction of sp³-hybridized carbons (Fsp3) is 0.571. The number of aldehydes is 1. The molecule has 0 spiro atoms. The van der Waals surface area contributed by atoms with Gasteiger partial charge in [0.05, 0.1) is 36.6 Å². The van der Waals surface area contributed by atoms with E-state index in [-0.39, 0.29) is 46.5 Å². The van der Waals surface area contributed by atoms with Gasteiger partial charge in [0.15, 0.2) is 10.9 Å². The van der Waals surface area contributed by atoms with Crippen molar-refractivity contribution in [2.45, 2.75) is 78.6 Å². The molecule has 0 aliphatic rings. The third kappa shape index (κ3) is 12.3. The molecule has 1 aromatic carbocycles. The number of hydrogen-bond donors (Lipinski definition) is 1. The Kier molecular flexibility index (Phi) is 16.0. The van der Waals surface area contributed by atoms with Crippen molar-refractivity contribution in [2.75, 3.05) is 57.0 Å². The second-order valence-corrected chi connectivity index (χ2v) is 13.7. The van der Waals surface area contributed by atoms with E-state index in [1.165, 1.54) is 51.1 Å². The highest BCUT2D eigenvalue weighted by atomic mass is 32.1. The molecular formula is C35H47F4N5O6S. The monoisotopic (exact) mass is 741 g/mol. The van der Waals surface area contributed by atoms with Crippen molar-refractivity contribution in [3.8, 4) is 17.8 Å². The minimum absolute atomic E-state index is 0.00112. The standard InChI is InChI=1S/C35H47F4N5O6S/c1-23(33(2,3)4)41-27(46)21-49-18-11-17-48-16-9-10-19-50-28-15-14-26(31(42-28)47-8)44(34(5,6)22-45)32(51)43(7)25-13-12-24(20-40)29(30(25)36)35(37,38)39/h12-15,22-23H,9-11,16-19,21H2,1-8H3,(H,41,46). The number of halogens is 4. The highest BCUT2D eigenvalue weighted by molar-refractivity contribution is 7.80. The fourth-order valence-electron chi connectivity index (χ4n) is 4.49. The van der Waals surface area contributed by atoms with Crippen LogP contribution >= 0.6 is 12.2 Å². The molecule has 1 heterocycles. The van der Waals surface area contributed by atoms with Gasteiger partial charge in [-0.05, 0) is 75.9 Å². The number of carbonyl (C=O) groups is 2. The predicted molar refractivity (Wildman–Crippen MR) is 189 cm³/mol. The molecule has 0 bridgehead atoms. The summed E-state index contributed by atoms with van der Waals surface area (Å²) in [5, 5.41) is 11.8. The molecule has 0 aliphatic heterocycles. The first-order chi connectivity index (χ1) is 23.8. The molecule has 16 heteroatoms. The summed E-state index contributed by atoms with van der Waals surface area (Å²) in [4.78, 5) is 30.8. The Bertz CT molecular complexity index is 1540. The van der Waals surface area contributed by atoms with Crippen LogP contribution in [0.4, 0.5) is 28.9 Å². The van der Waals surface area contributed by atoms with Crippen molar-refractivity contribution in [1.82, 2.24) is 10.3 Å². The second-order valence-electron chi connectivity index (χ2n) is 13.3. The number of unbranched alkanes of at least 4 members (excludes halogenated alkanes) is 1. The van der Waals surface area contributed by atoms with E-state index >= 15 is 4.39 Å². The Morgan fingerprint density at radius 3 is 2.22 bits per heavy atom. The van der Waals surface area contributed by atoms with Crippen LogP contribution in [0.1, 0.15) is 71.9 Å². The molecule has 0 saturated heterocycles. The molecule has 0 fully saturated rings. The molecule has 0 radical (unpaired) electrons. The minimum Gasteiger partial charge on any atom is -0.479 e. The van der Waals surface area contributed by atoms with E-state index in [0.717, 1.165) is 17.0 Å². The summed E-state index contributed by atoms with van der Waals surface area (Å²) in [6.07, 6.45) is -2.59. The fourth-order valence-corrected chi connectivity index (χ4v) is 4.92. The molecule has 2 aromatic rings. The number of anilines is 2. The number of benzene rings is 1. The van der Waals surface area contributed by atoms with E-state index in [2.05, 4.69) is 31.1 Å². The van der Waals surface area contributed by atoms with Crippen LogP contribution in [0.2, 0.25) is 0 Å². The number of nitrogens with one attached hydrogen (secondary N) is 1. The maximum atomic E-state index is 15.3. The zero-order valence-corrected chi connectivity index (χ0v) is 31.1. The smallest absolute Gasteiger partial charge is 0.420 e. The van der Waals surface area contributed by atoms with Crippen LogP contribution in [0, 0.1) is 22.6 Å². The molecule has 1 aromatic heterocycles. The lowest BCUT2D eigenvalue weighted by molar-refractivity contribution is -0.140. The zero-order chi connectivity index (χ0) is 38.6. The minimum atomic E-state index is -5.15. The quantitative estimate of drug-likeness (QED) is 0.0784. The third-order valence-corrected chi connectivity index (χ3v) is 8.36. The van der Waals surface area contributed by atoms with Crippen LogP contribution in [-0.2, 0) is 25.2 Å². The maximum Gasteiger partial charge on any atom is 0.420 e. The number of alkyl halides is 3. The number of ether oxygens (including phenoxy) is 4. The number of thiocarbonyl (C=S) groups is 1. The predicted octanol–water partition coefficient (Wildman–Crippen LogP) is 6.46. The second kappa shape index (κ2) is 19.0. The van der Waals surface area contributed by atoms with Crippen LogP contribution in [0.15, 0.2) is 24.3 Å². The molecule has 1 N–H and O–H groups in total. The number of nitriles is 1. The van der Waals surface area contributed by atoms with Crippen LogP contribution < -0.4 is 24.6 Å². The van der Waals surface area contributed by atoms with Gasteiger partial charge in [-0.3, -0.25) is 4.79 Å². The summed E-state index contributed by atoms with van der Waals surface area (Å²) in [6.45, 7) is 12.8. The Hall–Kier alpha value is -4.07. The molecule has 0 aliphatic carbocycles. The van der Waals surface area contributed by atoms with E-state index in [1.54, 1.807) is 0 Å². The molecule has 51 heavy (non-hydrogen) atoms. The Morgan fingerprint density at radius 2 is 1.63 bits per heavy atom. The number of nitrogens with zero attached hydrogens (tertiary/aromatic N) is 4. The zero-order valence-electron chi connectivity index (χ0n) is 30.3. The lowest BCUT2D eigenvalue weighted by atomic mass is 9.88. The summed E-state index contributed by atoms with van der Waals surface area (Å²) < 4.78 is 78.6. The average Bonchev–Trinajstić information content (AvgIpc) is 3.05. The molecule has 1 amide bonds. The van der Waals surface area contributed by atoms with Crippen LogP contribution in [0.5, 0.6) is 11.8 Å². The summed E-state index contributed by atoms with van der Waals surface area (Å²) in [6, 6.07) is 6.28. The van der Waals surface area contributed by atoms with E-state index < -0.39 is 34.3 Å². The number of methoxy groups -OCH3 is 1. The van der Waals surface area contributed by atoms with E-state index in [0.29, 0.717) is 52.0 Å². The maximum absolute atomic E-state index is 15.3. The lowest BCUT2D eigenvalue weighted by Crippen LogP contribution is -2.54. The summed E-state index contributed by atoms with van der Waals surface area (Å²) in [5.74, 6) is -1.65. The number of aromatic nitrogens is 1. The SMILES string of the molecule is COc1nc(OCCCCOCCCOCC(=O)NC(C)C(C)(C)C)ccc1N(C(=S)N(C)c1ccc(C#N)c(C(F)(F)F)c1F)C(C)(C)C=O. The van der Waals surface area contributed by atoms with Crippen LogP contribution in [0.3, 0.4) is 0 Å². The first-order valence-corrected chi connectivity index (χ1v) is 16.7. The molecule has 0 saturated carbocycles. The topological polar surface area (TPSA) is 126 Å². The van der Waals surface area contributed by atoms with E-state index in [4.69, 9.17) is 36.4 Å². The highest BCUT2D eigenvalue weighted by Gasteiger charge is 2.40. The lowest BCUT2D eigenvalue weighted by Gasteiger charge is -2.40. The van der Waals surface area contributed by atoms with Crippen molar-refractivity contribution < 1.29 is 46.1 Å². The number of hydrogen-bond acceptors (Lipinski definition) is 9. The van der Waals surface area contributed by atoms with Gasteiger partial charge < -0.3 is 38.9 Å². The molecule has 1 unspecified atom stereocenters. The van der Waals surface area contributed by atoms with Gasteiger partial charge in [-0.1, -0.05) is 20.8 Å². The summed E-state index contributed by atoms with van der Waals surface area (Å²) in [5.41, 5.74) is -4.43. The van der Waals surface area contributed by atoms with Gasteiger partial charge in [0.25, 0.3) is 0 Å². The van der Waals surface area contributed by atoms with Gasteiger partial charge in [0.1, 0.15) is 24.1 Å². The molecule has 282 valence electrons. The number of amides is 1. The number of carbonyl (C=O) groups excluding carboxylic acids is 2. The molecule has 1 atom stereocenters.